The van der Waals surface area contributed by atoms with E-state index in [-0.39, 0.29) is 17.2 Å². The summed E-state index contributed by atoms with van der Waals surface area (Å²) in [6, 6.07) is 2.06. The van der Waals surface area contributed by atoms with Crippen molar-refractivity contribution in [2.75, 3.05) is 18.5 Å². The van der Waals surface area contributed by atoms with Gasteiger partial charge in [0.1, 0.15) is 17.3 Å². The highest BCUT2D eigenvalue weighted by Gasteiger charge is 2.34. The van der Waals surface area contributed by atoms with Crippen LogP contribution >= 0.6 is 0 Å². The topological polar surface area (TPSA) is 66.0 Å². The van der Waals surface area contributed by atoms with Gasteiger partial charge < -0.3 is 10.6 Å². The van der Waals surface area contributed by atoms with Gasteiger partial charge in [0.05, 0.1) is 5.56 Å². The molecule has 7 heteroatoms. The maximum Gasteiger partial charge on any atom is 0.433 e. The normalized spacial score (nSPS) is 15.4. The molecule has 0 spiro atoms. The first kappa shape index (κ1) is 13.6. The highest BCUT2D eigenvalue weighted by atomic mass is 19.4. The fraction of sp³-hybridized carbons (Fsp3) is 0.500. The van der Waals surface area contributed by atoms with E-state index in [1.54, 1.807) is 11.9 Å². The minimum atomic E-state index is -4.50. The Morgan fingerprint density at radius 3 is 2.58 bits per heavy atom. The lowest BCUT2D eigenvalue weighted by Gasteiger charge is -2.22. The van der Waals surface area contributed by atoms with Gasteiger partial charge in [-0.1, -0.05) is 0 Å². The molecule has 0 bridgehead atoms. The lowest BCUT2D eigenvalue weighted by molar-refractivity contribution is -0.141. The van der Waals surface area contributed by atoms with Gasteiger partial charge in [-0.15, -0.1) is 0 Å². The molecule has 2 rings (SSSR count). The number of nitrogens with one attached hydrogen (secondary N) is 1. The molecule has 0 atom stereocenters. The van der Waals surface area contributed by atoms with Crippen LogP contribution in [-0.4, -0.2) is 24.4 Å². The van der Waals surface area contributed by atoms with Crippen molar-refractivity contribution in [3.63, 3.8) is 0 Å². The Hall–Kier alpha value is -1.79. The molecule has 0 aliphatic heterocycles. The van der Waals surface area contributed by atoms with E-state index in [4.69, 9.17) is 11.1 Å². The van der Waals surface area contributed by atoms with Crippen molar-refractivity contribution in [1.82, 2.24) is 4.98 Å². The lowest BCUT2D eigenvalue weighted by atomic mass is 10.2. The van der Waals surface area contributed by atoms with Crippen molar-refractivity contribution < 1.29 is 13.2 Å². The maximum atomic E-state index is 12.7. The molecule has 1 aromatic rings. The number of pyridine rings is 1. The fourth-order valence-corrected chi connectivity index (χ4v) is 1.88. The number of nitrogens with zero attached hydrogens (tertiary/aromatic N) is 2. The highest BCUT2D eigenvalue weighted by molar-refractivity contribution is 5.99. The molecule has 0 radical (unpaired) electrons. The molecule has 104 valence electrons. The first-order valence-corrected chi connectivity index (χ1v) is 5.93. The smallest absolute Gasteiger partial charge is 0.384 e. The molecule has 4 nitrogen and oxygen atoms in total. The van der Waals surface area contributed by atoms with Gasteiger partial charge in [-0.3, -0.25) is 5.41 Å². The van der Waals surface area contributed by atoms with Crippen LogP contribution in [0, 0.1) is 11.3 Å². The molecule has 1 aliphatic carbocycles. The van der Waals surface area contributed by atoms with E-state index in [0.717, 1.165) is 18.9 Å². The van der Waals surface area contributed by atoms with Gasteiger partial charge in [0.15, 0.2) is 0 Å². The Bertz CT molecular complexity index is 494. The minimum Gasteiger partial charge on any atom is -0.384 e. The zero-order valence-corrected chi connectivity index (χ0v) is 10.5. The summed E-state index contributed by atoms with van der Waals surface area (Å²) in [6.07, 6.45) is -2.33. The van der Waals surface area contributed by atoms with Crippen LogP contribution < -0.4 is 10.6 Å². The largest absolute Gasteiger partial charge is 0.433 e. The predicted octanol–water partition coefficient (Wildman–Crippen LogP) is 2.23. The number of halogens is 3. The second-order valence-electron chi connectivity index (χ2n) is 4.80. The van der Waals surface area contributed by atoms with E-state index in [2.05, 4.69) is 4.98 Å². The number of rotatable bonds is 4. The zero-order valence-electron chi connectivity index (χ0n) is 10.5. The van der Waals surface area contributed by atoms with E-state index in [9.17, 15) is 13.2 Å². The van der Waals surface area contributed by atoms with Crippen molar-refractivity contribution >= 4 is 11.7 Å². The molecule has 3 N–H and O–H groups in total. The molecule has 0 unspecified atom stereocenters. The molecule has 0 aromatic carbocycles. The van der Waals surface area contributed by atoms with Gasteiger partial charge in [0.25, 0.3) is 0 Å². The Kier molecular flexibility index (Phi) is 3.38. The highest BCUT2D eigenvalue weighted by Crippen LogP contribution is 2.33. The number of anilines is 1. The summed E-state index contributed by atoms with van der Waals surface area (Å²) >= 11 is 0. The van der Waals surface area contributed by atoms with Gasteiger partial charge in [0, 0.05) is 13.6 Å². The minimum absolute atomic E-state index is 0.120. The summed E-state index contributed by atoms with van der Waals surface area (Å²) in [5.74, 6) is 0.342. The van der Waals surface area contributed by atoms with Crippen LogP contribution in [0.2, 0.25) is 0 Å². The SMILES string of the molecule is CN(CC1CC1)c1nc(C(F)(F)F)ccc1C(=N)N. The van der Waals surface area contributed by atoms with Crippen LogP contribution in [0.25, 0.3) is 0 Å². The Labute approximate surface area is 108 Å². The fourth-order valence-electron chi connectivity index (χ4n) is 1.88. The van der Waals surface area contributed by atoms with E-state index in [1.807, 2.05) is 0 Å². The van der Waals surface area contributed by atoms with Crippen molar-refractivity contribution in [1.29, 1.82) is 5.41 Å². The van der Waals surface area contributed by atoms with E-state index in [1.165, 1.54) is 6.07 Å². The molecule has 1 aromatic heterocycles. The third-order valence-electron chi connectivity index (χ3n) is 3.05. The number of nitrogens with two attached hydrogens (primary N) is 1. The lowest BCUT2D eigenvalue weighted by Crippen LogP contribution is -2.26. The van der Waals surface area contributed by atoms with Crippen LogP contribution in [0.1, 0.15) is 24.1 Å². The van der Waals surface area contributed by atoms with Gasteiger partial charge in [-0.25, -0.2) is 4.98 Å². The molecule has 1 saturated carbocycles. The Morgan fingerprint density at radius 1 is 1.47 bits per heavy atom. The van der Waals surface area contributed by atoms with Crippen LogP contribution in [0.4, 0.5) is 19.0 Å². The van der Waals surface area contributed by atoms with Crippen LogP contribution in [0.5, 0.6) is 0 Å². The first-order chi connectivity index (χ1) is 8.79. The molecule has 1 aliphatic rings. The standard InChI is InChI=1S/C12H15F3N4/c1-19(6-7-2-3-7)11-8(10(16)17)4-5-9(18-11)12(13,14)15/h4-5,7H,2-3,6H2,1H3,(H3,16,17). The Morgan fingerprint density at radius 2 is 2.11 bits per heavy atom. The molecule has 1 fully saturated rings. The number of hydrogen-bond acceptors (Lipinski definition) is 3. The predicted molar refractivity (Wildman–Crippen MR) is 66.2 cm³/mol. The second kappa shape index (κ2) is 4.71. The summed E-state index contributed by atoms with van der Waals surface area (Å²) < 4.78 is 38.0. The molecule has 1 heterocycles. The van der Waals surface area contributed by atoms with Gasteiger partial charge in [-0.05, 0) is 30.9 Å². The van der Waals surface area contributed by atoms with E-state index >= 15 is 0 Å². The van der Waals surface area contributed by atoms with Crippen LogP contribution in [0.15, 0.2) is 12.1 Å². The van der Waals surface area contributed by atoms with E-state index in [0.29, 0.717) is 12.5 Å². The average Bonchev–Trinajstić information content (AvgIpc) is 3.10. The quantitative estimate of drug-likeness (QED) is 0.652. The summed E-state index contributed by atoms with van der Waals surface area (Å²) in [6.45, 7) is 0.634. The van der Waals surface area contributed by atoms with Crippen molar-refractivity contribution in [3.05, 3.63) is 23.4 Å². The summed E-state index contributed by atoms with van der Waals surface area (Å²) in [5, 5.41) is 7.42. The monoisotopic (exact) mass is 272 g/mol. The molecule has 0 amide bonds. The van der Waals surface area contributed by atoms with Crippen LogP contribution in [-0.2, 0) is 6.18 Å². The van der Waals surface area contributed by atoms with Gasteiger partial charge in [-0.2, -0.15) is 13.2 Å². The molecular weight excluding hydrogens is 257 g/mol. The van der Waals surface area contributed by atoms with E-state index < -0.39 is 11.9 Å². The average molecular weight is 272 g/mol. The molecule has 0 saturated heterocycles. The van der Waals surface area contributed by atoms with Gasteiger partial charge in [0.2, 0.25) is 0 Å². The molecule has 19 heavy (non-hydrogen) atoms. The molecular formula is C12H15F3N4. The number of nitrogen functional groups attached to an aromatic ring is 1. The van der Waals surface area contributed by atoms with Gasteiger partial charge >= 0.3 is 6.18 Å². The number of amidine groups is 1. The summed E-state index contributed by atoms with van der Waals surface area (Å²) in [5.41, 5.74) is 4.66. The zero-order chi connectivity index (χ0) is 14.2. The maximum absolute atomic E-state index is 12.7. The van der Waals surface area contributed by atoms with Crippen molar-refractivity contribution in [2.24, 2.45) is 11.7 Å². The summed E-state index contributed by atoms with van der Waals surface area (Å²) in [7, 11) is 1.67. The number of alkyl halides is 3. The summed E-state index contributed by atoms with van der Waals surface area (Å²) in [4.78, 5) is 5.27. The Balaban J connectivity index is 2.37. The number of hydrogen-bond donors (Lipinski definition) is 2. The second-order valence-corrected chi connectivity index (χ2v) is 4.80. The van der Waals surface area contributed by atoms with Crippen molar-refractivity contribution in [2.45, 2.75) is 19.0 Å². The third-order valence-corrected chi connectivity index (χ3v) is 3.05. The van der Waals surface area contributed by atoms with Crippen LogP contribution in [0.3, 0.4) is 0 Å². The third kappa shape index (κ3) is 3.15. The van der Waals surface area contributed by atoms with Crippen molar-refractivity contribution in [3.8, 4) is 0 Å². The number of aromatic nitrogens is 1. The first-order valence-electron chi connectivity index (χ1n) is 5.93.